The van der Waals surface area contributed by atoms with Crippen molar-refractivity contribution < 1.29 is 19.4 Å². The zero-order chi connectivity index (χ0) is 16.5. The Morgan fingerprint density at radius 1 is 1.23 bits per heavy atom. The van der Waals surface area contributed by atoms with Crippen molar-refractivity contribution in [3.8, 4) is 5.75 Å². The Morgan fingerprint density at radius 2 is 1.86 bits per heavy atom. The van der Waals surface area contributed by atoms with Crippen LogP contribution in [0.1, 0.15) is 50.4 Å². The summed E-state index contributed by atoms with van der Waals surface area (Å²) in [6, 6.07) is 5.87. The van der Waals surface area contributed by atoms with Crippen molar-refractivity contribution in [3.63, 3.8) is 0 Å². The summed E-state index contributed by atoms with van der Waals surface area (Å²) in [5, 5.41) is 11.7. The van der Waals surface area contributed by atoms with Crippen molar-refractivity contribution >= 4 is 11.9 Å². The zero-order valence-electron chi connectivity index (χ0n) is 13.5. The van der Waals surface area contributed by atoms with Crippen molar-refractivity contribution in [2.24, 2.45) is 5.92 Å². The summed E-state index contributed by atoms with van der Waals surface area (Å²) < 4.78 is 5.53. The van der Waals surface area contributed by atoms with Gasteiger partial charge < -0.3 is 15.2 Å². The van der Waals surface area contributed by atoms with Crippen LogP contribution in [-0.2, 0) is 4.79 Å². The first kappa shape index (κ1) is 18.0. The summed E-state index contributed by atoms with van der Waals surface area (Å²) in [6.07, 6.45) is 2.45. The quantitative estimate of drug-likeness (QED) is 0.687. The second-order valence-corrected chi connectivity index (χ2v) is 5.72. The number of amides is 1. The zero-order valence-corrected chi connectivity index (χ0v) is 13.5. The summed E-state index contributed by atoms with van der Waals surface area (Å²) >= 11 is 0. The lowest BCUT2D eigenvalue weighted by Crippen LogP contribution is -2.41. The highest BCUT2D eigenvalue weighted by Crippen LogP contribution is 2.13. The highest BCUT2D eigenvalue weighted by Gasteiger charge is 2.21. The number of ether oxygens (including phenoxy) is 1. The fourth-order valence-corrected chi connectivity index (χ4v) is 1.97. The minimum atomic E-state index is -1.01. The average Bonchev–Trinajstić information content (AvgIpc) is 2.47. The molecule has 0 bridgehead atoms. The van der Waals surface area contributed by atoms with E-state index in [0.29, 0.717) is 24.3 Å². The SMILES string of the molecule is CCCCOc1ccc(C(=O)N[C@@H](CC(C)C)C(=O)O)cc1. The molecule has 1 atom stereocenters. The minimum Gasteiger partial charge on any atom is -0.494 e. The first-order valence-electron chi connectivity index (χ1n) is 7.70. The normalized spacial score (nSPS) is 12.0. The maximum Gasteiger partial charge on any atom is 0.326 e. The van der Waals surface area contributed by atoms with Crippen LogP contribution in [0.2, 0.25) is 0 Å². The predicted molar refractivity (Wildman–Crippen MR) is 85.2 cm³/mol. The number of aliphatic carboxylic acids is 1. The van der Waals surface area contributed by atoms with E-state index in [1.54, 1.807) is 24.3 Å². The molecule has 0 aliphatic heterocycles. The van der Waals surface area contributed by atoms with E-state index < -0.39 is 12.0 Å². The molecule has 0 aromatic heterocycles. The van der Waals surface area contributed by atoms with E-state index in [2.05, 4.69) is 12.2 Å². The lowest BCUT2D eigenvalue weighted by atomic mass is 10.0. The van der Waals surface area contributed by atoms with Gasteiger partial charge in [-0.2, -0.15) is 0 Å². The van der Waals surface area contributed by atoms with Gasteiger partial charge in [-0.15, -0.1) is 0 Å². The molecule has 0 radical (unpaired) electrons. The number of benzene rings is 1. The van der Waals surface area contributed by atoms with Gasteiger partial charge in [0.2, 0.25) is 0 Å². The Morgan fingerprint density at radius 3 is 2.36 bits per heavy atom. The fraction of sp³-hybridized carbons (Fsp3) is 0.529. The van der Waals surface area contributed by atoms with E-state index in [9.17, 15) is 9.59 Å². The number of carboxylic acid groups (broad SMARTS) is 1. The number of unbranched alkanes of at least 4 members (excludes halogenated alkanes) is 1. The third kappa shape index (κ3) is 6.16. The van der Waals surface area contributed by atoms with Crippen molar-refractivity contribution in [3.05, 3.63) is 29.8 Å². The lowest BCUT2D eigenvalue weighted by molar-refractivity contribution is -0.139. The molecule has 0 aliphatic rings. The van der Waals surface area contributed by atoms with Gasteiger partial charge in [0.1, 0.15) is 11.8 Å². The summed E-state index contributed by atoms with van der Waals surface area (Å²) in [4.78, 5) is 23.3. The van der Waals surface area contributed by atoms with Gasteiger partial charge in [-0.25, -0.2) is 4.79 Å². The molecule has 0 unspecified atom stereocenters. The van der Waals surface area contributed by atoms with Gasteiger partial charge in [0.25, 0.3) is 5.91 Å². The van der Waals surface area contributed by atoms with Crippen LogP contribution in [0.3, 0.4) is 0 Å². The minimum absolute atomic E-state index is 0.191. The first-order chi connectivity index (χ1) is 10.4. The number of carbonyl (C=O) groups excluding carboxylic acids is 1. The maximum absolute atomic E-state index is 12.1. The topological polar surface area (TPSA) is 75.6 Å². The number of rotatable bonds is 9. The van der Waals surface area contributed by atoms with Crippen LogP contribution in [0.15, 0.2) is 24.3 Å². The molecule has 0 saturated carbocycles. The number of hydrogen-bond donors (Lipinski definition) is 2. The Balaban J connectivity index is 2.62. The van der Waals surface area contributed by atoms with Gasteiger partial charge in [0, 0.05) is 5.56 Å². The molecular formula is C17H25NO4. The second-order valence-electron chi connectivity index (χ2n) is 5.72. The summed E-state index contributed by atoms with van der Waals surface area (Å²) in [7, 11) is 0. The Kier molecular flexibility index (Phi) is 7.43. The molecule has 22 heavy (non-hydrogen) atoms. The van der Waals surface area contributed by atoms with Gasteiger partial charge in [0.05, 0.1) is 6.61 Å². The van der Waals surface area contributed by atoms with Gasteiger partial charge in [0.15, 0.2) is 0 Å². The third-order valence-electron chi connectivity index (χ3n) is 3.19. The maximum atomic E-state index is 12.1. The van der Waals surface area contributed by atoms with Gasteiger partial charge in [-0.1, -0.05) is 27.2 Å². The Hall–Kier alpha value is -2.04. The van der Waals surface area contributed by atoms with Crippen molar-refractivity contribution in [2.75, 3.05) is 6.61 Å². The molecule has 0 aliphatic carbocycles. The van der Waals surface area contributed by atoms with Crippen LogP contribution >= 0.6 is 0 Å². The largest absolute Gasteiger partial charge is 0.494 e. The second kappa shape index (κ2) is 9.07. The number of carbonyl (C=O) groups is 2. The number of carboxylic acids is 1. The monoisotopic (exact) mass is 307 g/mol. The molecule has 1 rings (SSSR count). The molecule has 0 fully saturated rings. The van der Waals surface area contributed by atoms with Crippen LogP contribution in [0.5, 0.6) is 5.75 Å². The van der Waals surface area contributed by atoms with Crippen LogP contribution in [0.4, 0.5) is 0 Å². The van der Waals surface area contributed by atoms with Crippen LogP contribution < -0.4 is 10.1 Å². The molecule has 0 heterocycles. The van der Waals surface area contributed by atoms with E-state index >= 15 is 0 Å². The molecule has 1 aromatic rings. The molecule has 5 nitrogen and oxygen atoms in total. The predicted octanol–water partition coefficient (Wildman–Crippen LogP) is 3.09. The molecule has 0 spiro atoms. The molecule has 5 heteroatoms. The van der Waals surface area contributed by atoms with E-state index in [1.165, 1.54) is 0 Å². The van der Waals surface area contributed by atoms with Gasteiger partial charge in [-0.3, -0.25) is 4.79 Å². The van der Waals surface area contributed by atoms with Gasteiger partial charge >= 0.3 is 5.97 Å². The molecule has 122 valence electrons. The summed E-state index contributed by atoms with van der Waals surface area (Å²) in [5.74, 6) is -0.493. The van der Waals surface area contributed by atoms with E-state index in [0.717, 1.165) is 12.8 Å². The highest BCUT2D eigenvalue weighted by atomic mass is 16.5. The molecule has 1 amide bonds. The Bertz CT molecular complexity index is 482. The third-order valence-corrected chi connectivity index (χ3v) is 3.19. The number of nitrogens with one attached hydrogen (secondary N) is 1. The smallest absolute Gasteiger partial charge is 0.326 e. The highest BCUT2D eigenvalue weighted by molar-refractivity contribution is 5.96. The van der Waals surface area contributed by atoms with E-state index in [4.69, 9.17) is 9.84 Å². The summed E-state index contributed by atoms with van der Waals surface area (Å²) in [6.45, 7) is 6.58. The molecule has 2 N–H and O–H groups in total. The van der Waals surface area contributed by atoms with Crippen molar-refractivity contribution in [1.29, 1.82) is 0 Å². The van der Waals surface area contributed by atoms with Crippen molar-refractivity contribution in [1.82, 2.24) is 5.32 Å². The number of hydrogen-bond acceptors (Lipinski definition) is 3. The van der Waals surface area contributed by atoms with Crippen molar-refractivity contribution in [2.45, 2.75) is 46.1 Å². The average molecular weight is 307 g/mol. The van der Waals surface area contributed by atoms with Crippen LogP contribution in [0.25, 0.3) is 0 Å². The fourth-order valence-electron chi connectivity index (χ4n) is 1.97. The van der Waals surface area contributed by atoms with E-state index in [1.807, 2.05) is 13.8 Å². The lowest BCUT2D eigenvalue weighted by Gasteiger charge is -2.16. The van der Waals surface area contributed by atoms with Gasteiger partial charge in [-0.05, 0) is 43.0 Å². The van der Waals surface area contributed by atoms with E-state index in [-0.39, 0.29) is 11.8 Å². The first-order valence-corrected chi connectivity index (χ1v) is 7.70. The van der Waals surface area contributed by atoms with Crippen LogP contribution in [-0.4, -0.2) is 29.6 Å². The molecule has 1 aromatic carbocycles. The Labute approximate surface area is 131 Å². The standard InChI is InChI=1S/C17H25NO4/c1-4-5-10-22-14-8-6-13(7-9-14)16(19)18-15(17(20)21)11-12(2)3/h6-9,12,15H,4-5,10-11H2,1-3H3,(H,18,19)(H,20,21)/t15-/m0/s1. The molecular weight excluding hydrogens is 282 g/mol. The summed E-state index contributed by atoms with van der Waals surface area (Å²) in [5.41, 5.74) is 0.429. The molecule has 0 saturated heterocycles. The van der Waals surface area contributed by atoms with Crippen LogP contribution in [0, 0.1) is 5.92 Å².